The van der Waals surface area contributed by atoms with Gasteiger partial charge in [-0.2, -0.15) is 0 Å². The lowest BCUT2D eigenvalue weighted by atomic mass is 10.1. The monoisotopic (exact) mass is 306 g/mol. The van der Waals surface area contributed by atoms with Gasteiger partial charge in [0.05, 0.1) is 5.57 Å². The summed E-state index contributed by atoms with van der Waals surface area (Å²) in [6, 6.07) is 0. The van der Waals surface area contributed by atoms with E-state index in [2.05, 4.69) is 4.74 Å². The fraction of sp³-hybridized carbons (Fsp3) is 0.267. The molecule has 0 bridgehead atoms. The molecule has 7 nitrogen and oxygen atoms in total. The molecule has 0 aromatic heterocycles. The van der Waals surface area contributed by atoms with Crippen LogP contribution in [0.25, 0.3) is 0 Å². The lowest BCUT2D eigenvalue weighted by Gasteiger charge is -2.15. The lowest BCUT2D eigenvalue weighted by molar-refractivity contribution is -0.157. The first-order valence-corrected chi connectivity index (χ1v) is 6.37. The highest BCUT2D eigenvalue weighted by atomic mass is 16.6. The van der Waals surface area contributed by atoms with E-state index in [1.54, 1.807) is 25.0 Å². The van der Waals surface area contributed by atoms with Crippen LogP contribution in [0.1, 0.15) is 13.3 Å². The Morgan fingerprint density at radius 1 is 1.36 bits per heavy atom. The van der Waals surface area contributed by atoms with Crippen LogP contribution in [-0.2, 0) is 28.7 Å². The standard InChI is InChI=1S/C15H14O7/c1-2-10(7-13(17)18)15(20)21-9-14(19)22-12-6-4-3-5-11(12)8-16/h3-7,12H,2,9H2,1H3,(H,17,18)/b10-7-. The summed E-state index contributed by atoms with van der Waals surface area (Å²) in [5, 5.41) is 8.58. The zero-order valence-corrected chi connectivity index (χ0v) is 11.8. The van der Waals surface area contributed by atoms with Crippen LogP contribution in [0.3, 0.4) is 0 Å². The first-order chi connectivity index (χ1) is 10.5. The third kappa shape index (κ3) is 5.22. The zero-order valence-electron chi connectivity index (χ0n) is 11.8. The van der Waals surface area contributed by atoms with Gasteiger partial charge in [-0.1, -0.05) is 19.1 Å². The molecule has 1 atom stereocenters. The highest BCUT2D eigenvalue weighted by Gasteiger charge is 2.19. The summed E-state index contributed by atoms with van der Waals surface area (Å²) in [4.78, 5) is 44.3. The number of ether oxygens (including phenoxy) is 2. The van der Waals surface area contributed by atoms with Crippen molar-refractivity contribution in [2.45, 2.75) is 19.4 Å². The molecule has 1 unspecified atom stereocenters. The smallest absolute Gasteiger partial charge is 0.345 e. The van der Waals surface area contributed by atoms with E-state index in [9.17, 15) is 19.2 Å². The molecule has 1 aliphatic carbocycles. The third-order valence-electron chi connectivity index (χ3n) is 2.62. The van der Waals surface area contributed by atoms with E-state index >= 15 is 0 Å². The van der Waals surface area contributed by atoms with Gasteiger partial charge in [-0.3, -0.25) is 0 Å². The maximum Gasteiger partial charge on any atom is 0.345 e. The van der Waals surface area contributed by atoms with Crippen LogP contribution in [0, 0.1) is 0 Å². The number of esters is 2. The maximum atomic E-state index is 11.6. The van der Waals surface area contributed by atoms with Gasteiger partial charge < -0.3 is 14.6 Å². The molecule has 22 heavy (non-hydrogen) atoms. The average Bonchev–Trinajstić information content (AvgIpc) is 2.50. The van der Waals surface area contributed by atoms with E-state index in [4.69, 9.17) is 9.84 Å². The summed E-state index contributed by atoms with van der Waals surface area (Å²) in [6.45, 7) is 0.894. The Labute approximate surface area is 126 Å². The largest absolute Gasteiger partial charge is 0.478 e. The highest BCUT2D eigenvalue weighted by molar-refractivity contribution is 5.96. The Morgan fingerprint density at radius 3 is 2.68 bits per heavy atom. The van der Waals surface area contributed by atoms with Crippen molar-refractivity contribution in [3.05, 3.63) is 41.5 Å². The van der Waals surface area contributed by atoms with Gasteiger partial charge in [0.2, 0.25) is 0 Å². The predicted molar refractivity (Wildman–Crippen MR) is 74.3 cm³/mol. The van der Waals surface area contributed by atoms with Crippen LogP contribution >= 0.6 is 0 Å². The number of carbonyl (C=O) groups is 3. The predicted octanol–water partition coefficient (Wildman–Crippen LogP) is 0.746. The van der Waals surface area contributed by atoms with Gasteiger partial charge in [-0.25, -0.2) is 19.2 Å². The Hall–Kier alpha value is -2.92. The number of hydrogen-bond acceptors (Lipinski definition) is 6. The number of carboxylic acid groups (broad SMARTS) is 1. The molecule has 0 aromatic rings. The molecule has 0 spiro atoms. The quantitative estimate of drug-likeness (QED) is 0.438. The second-order valence-corrected chi connectivity index (χ2v) is 4.15. The van der Waals surface area contributed by atoms with Crippen LogP contribution in [-0.4, -0.2) is 41.7 Å². The number of carboxylic acids is 1. The fourth-order valence-electron chi connectivity index (χ4n) is 1.56. The second-order valence-electron chi connectivity index (χ2n) is 4.15. The molecule has 116 valence electrons. The Bertz CT molecular complexity index is 603. The Kier molecular flexibility index (Phi) is 6.53. The number of aliphatic carboxylic acids is 1. The van der Waals surface area contributed by atoms with Gasteiger partial charge in [-0.05, 0) is 18.6 Å². The van der Waals surface area contributed by atoms with E-state index in [1.807, 2.05) is 0 Å². The van der Waals surface area contributed by atoms with Gasteiger partial charge in [-0.15, -0.1) is 0 Å². The molecular weight excluding hydrogens is 292 g/mol. The van der Waals surface area contributed by atoms with Crippen LogP contribution < -0.4 is 0 Å². The minimum absolute atomic E-state index is 0.0747. The van der Waals surface area contributed by atoms with Crippen molar-refractivity contribution in [2.75, 3.05) is 6.61 Å². The molecule has 1 rings (SSSR count). The minimum atomic E-state index is -1.28. The molecule has 0 amide bonds. The van der Waals surface area contributed by atoms with Crippen LogP contribution in [0.15, 0.2) is 41.5 Å². The van der Waals surface area contributed by atoms with E-state index in [0.717, 1.165) is 6.08 Å². The normalized spacial score (nSPS) is 16.9. The highest BCUT2D eigenvalue weighted by Crippen LogP contribution is 2.12. The number of allylic oxidation sites excluding steroid dienone is 2. The Balaban J connectivity index is 2.54. The van der Waals surface area contributed by atoms with Gasteiger partial charge in [0.15, 0.2) is 12.7 Å². The van der Waals surface area contributed by atoms with Crippen molar-refractivity contribution >= 4 is 23.8 Å². The first kappa shape index (κ1) is 17.1. The van der Waals surface area contributed by atoms with Crippen molar-refractivity contribution in [2.24, 2.45) is 0 Å². The molecule has 1 N–H and O–H groups in total. The summed E-state index contributed by atoms with van der Waals surface area (Å²) >= 11 is 0. The number of rotatable bonds is 6. The molecule has 0 fully saturated rings. The third-order valence-corrected chi connectivity index (χ3v) is 2.62. The number of hydrogen-bond donors (Lipinski definition) is 1. The summed E-state index contributed by atoms with van der Waals surface area (Å²) in [6.07, 6.45) is 6.09. The summed E-state index contributed by atoms with van der Waals surface area (Å²) in [5.41, 5.74) is 0.0662. The summed E-state index contributed by atoms with van der Waals surface area (Å²) < 4.78 is 9.62. The van der Waals surface area contributed by atoms with E-state index in [0.29, 0.717) is 0 Å². The number of carbonyl (C=O) groups excluding carboxylic acids is 3. The van der Waals surface area contributed by atoms with Crippen LogP contribution in [0.2, 0.25) is 0 Å². The van der Waals surface area contributed by atoms with Gasteiger partial charge >= 0.3 is 17.9 Å². The molecule has 0 heterocycles. The Morgan fingerprint density at radius 2 is 2.09 bits per heavy atom. The fourth-order valence-corrected chi connectivity index (χ4v) is 1.56. The molecule has 0 saturated carbocycles. The molecule has 0 radical (unpaired) electrons. The SMILES string of the molecule is CC/C(=C/C(=O)O)C(=O)OCC(=O)OC1C=CC=CC1=C=O. The van der Waals surface area contributed by atoms with Crippen molar-refractivity contribution in [1.29, 1.82) is 0 Å². The summed E-state index contributed by atoms with van der Waals surface area (Å²) in [5.74, 6) is -1.41. The molecule has 7 heteroatoms. The van der Waals surface area contributed by atoms with Gasteiger partial charge in [0.25, 0.3) is 0 Å². The molecule has 0 aromatic carbocycles. The van der Waals surface area contributed by atoms with Gasteiger partial charge in [0.1, 0.15) is 5.94 Å². The zero-order chi connectivity index (χ0) is 16.5. The molecule has 0 aliphatic heterocycles. The second kappa shape index (κ2) is 8.39. The molecular formula is C15H14O7. The maximum absolute atomic E-state index is 11.6. The van der Waals surface area contributed by atoms with E-state index in [-0.39, 0.29) is 17.6 Å². The van der Waals surface area contributed by atoms with Crippen molar-refractivity contribution in [3.63, 3.8) is 0 Å². The van der Waals surface area contributed by atoms with E-state index in [1.165, 1.54) is 12.2 Å². The van der Waals surface area contributed by atoms with Crippen LogP contribution in [0.5, 0.6) is 0 Å². The molecule has 1 aliphatic rings. The van der Waals surface area contributed by atoms with Crippen molar-refractivity contribution < 1.29 is 33.8 Å². The van der Waals surface area contributed by atoms with Crippen molar-refractivity contribution in [3.8, 4) is 0 Å². The topological polar surface area (TPSA) is 107 Å². The van der Waals surface area contributed by atoms with E-state index < -0.39 is 30.6 Å². The first-order valence-electron chi connectivity index (χ1n) is 6.37. The molecule has 0 saturated heterocycles. The minimum Gasteiger partial charge on any atom is -0.478 e. The van der Waals surface area contributed by atoms with Crippen molar-refractivity contribution in [1.82, 2.24) is 0 Å². The van der Waals surface area contributed by atoms with Crippen LogP contribution in [0.4, 0.5) is 0 Å². The average molecular weight is 306 g/mol. The lowest BCUT2D eigenvalue weighted by Crippen LogP contribution is -2.24. The summed E-state index contributed by atoms with van der Waals surface area (Å²) in [7, 11) is 0. The van der Waals surface area contributed by atoms with Gasteiger partial charge in [0, 0.05) is 11.6 Å².